The van der Waals surface area contributed by atoms with E-state index < -0.39 is 8.32 Å². The second-order valence-corrected chi connectivity index (χ2v) is 16.4. The van der Waals surface area contributed by atoms with Crippen LogP contribution in [0.1, 0.15) is 46.1 Å². The fourth-order valence-corrected chi connectivity index (χ4v) is 11.2. The fourth-order valence-electron chi connectivity index (χ4n) is 6.59. The first-order valence-electron chi connectivity index (χ1n) is 14.1. The second-order valence-electron chi connectivity index (χ2n) is 12.0. The molecule has 1 aromatic heterocycles. The molecule has 4 nitrogen and oxygen atoms in total. The van der Waals surface area contributed by atoms with Crippen molar-refractivity contribution in [1.82, 2.24) is 4.98 Å². The summed E-state index contributed by atoms with van der Waals surface area (Å²) in [5.74, 6) is 0.0512. The number of pyridine rings is 1. The van der Waals surface area contributed by atoms with Crippen molar-refractivity contribution >= 4 is 18.7 Å². The van der Waals surface area contributed by atoms with E-state index in [9.17, 15) is 9.90 Å². The van der Waals surface area contributed by atoms with E-state index in [1.165, 1.54) is 10.4 Å². The lowest BCUT2D eigenvalue weighted by Gasteiger charge is -2.43. The Kier molecular flexibility index (Phi) is 7.71. The monoisotopic (exact) mass is 549 g/mol. The van der Waals surface area contributed by atoms with Crippen molar-refractivity contribution in [3.8, 4) is 16.9 Å². The van der Waals surface area contributed by atoms with Gasteiger partial charge in [0.2, 0.25) is 0 Å². The standard InChI is InChI=1S/C35H39NO3Si/c1-24-21-27(25(2)31(24)32-33(37)30(22-36-34(32)38)26-15-9-6-10-16-26)23-39-40(35(3,4)5,28-17-11-7-12-18-28)29-19-13-8-14-20-29/h6-22,25,27,31H,23H2,1-5H3,(H2,36,37,38)/t25-,27-,31-/m0/s1. The number of hydrogen-bond donors (Lipinski definition) is 2. The van der Waals surface area contributed by atoms with Gasteiger partial charge in [-0.05, 0) is 33.8 Å². The fraction of sp³-hybridized carbons (Fsp3) is 0.286. The first-order valence-corrected chi connectivity index (χ1v) is 16.0. The lowest BCUT2D eigenvalue weighted by Crippen LogP contribution is -2.67. The molecule has 1 heterocycles. The third kappa shape index (κ3) is 4.89. The number of hydrogen-bond acceptors (Lipinski definition) is 3. The van der Waals surface area contributed by atoms with Crippen LogP contribution in [0.5, 0.6) is 5.75 Å². The van der Waals surface area contributed by atoms with Crippen LogP contribution in [0.4, 0.5) is 0 Å². The van der Waals surface area contributed by atoms with Gasteiger partial charge in [0, 0.05) is 30.2 Å². The van der Waals surface area contributed by atoms with Gasteiger partial charge in [0.25, 0.3) is 13.9 Å². The van der Waals surface area contributed by atoms with E-state index in [2.05, 4.69) is 106 Å². The summed E-state index contributed by atoms with van der Waals surface area (Å²) in [6.45, 7) is 11.6. The van der Waals surface area contributed by atoms with Gasteiger partial charge in [-0.25, -0.2) is 0 Å². The van der Waals surface area contributed by atoms with Crippen LogP contribution in [0, 0.1) is 11.8 Å². The highest BCUT2D eigenvalue weighted by atomic mass is 28.4. The summed E-state index contributed by atoms with van der Waals surface area (Å²) in [5.41, 5.74) is 2.80. The highest BCUT2D eigenvalue weighted by molar-refractivity contribution is 6.99. The maximum absolute atomic E-state index is 13.2. The minimum absolute atomic E-state index is 0.0631. The number of aromatic amines is 1. The molecule has 2 N–H and O–H groups in total. The minimum Gasteiger partial charge on any atom is -0.507 e. The molecular weight excluding hydrogens is 510 g/mol. The normalized spacial score (nSPS) is 19.4. The number of H-pyrrole nitrogens is 1. The minimum atomic E-state index is -2.69. The van der Waals surface area contributed by atoms with Gasteiger partial charge in [0.1, 0.15) is 5.75 Å². The summed E-state index contributed by atoms with van der Waals surface area (Å²) in [6, 6.07) is 31.0. The molecule has 206 valence electrons. The smallest absolute Gasteiger partial charge is 0.261 e. The molecule has 1 aliphatic rings. The molecule has 5 rings (SSSR count). The van der Waals surface area contributed by atoms with Crippen LogP contribution in [-0.2, 0) is 4.43 Å². The predicted molar refractivity (Wildman–Crippen MR) is 167 cm³/mol. The van der Waals surface area contributed by atoms with Crippen molar-refractivity contribution < 1.29 is 9.53 Å². The van der Waals surface area contributed by atoms with Crippen LogP contribution >= 0.6 is 0 Å². The molecule has 0 unspecified atom stereocenters. The Morgan fingerprint density at radius 2 is 1.40 bits per heavy atom. The van der Waals surface area contributed by atoms with Crippen molar-refractivity contribution in [2.45, 2.75) is 45.6 Å². The predicted octanol–water partition coefficient (Wildman–Crippen LogP) is 6.62. The van der Waals surface area contributed by atoms with Crippen molar-refractivity contribution in [2.75, 3.05) is 6.61 Å². The highest BCUT2D eigenvalue weighted by Crippen LogP contribution is 2.47. The largest absolute Gasteiger partial charge is 0.507 e. The third-order valence-electron chi connectivity index (χ3n) is 8.58. The van der Waals surface area contributed by atoms with Gasteiger partial charge in [-0.2, -0.15) is 0 Å². The molecule has 5 heteroatoms. The van der Waals surface area contributed by atoms with Gasteiger partial charge in [0.05, 0.1) is 5.56 Å². The van der Waals surface area contributed by atoms with Crippen LogP contribution in [0.3, 0.4) is 0 Å². The molecule has 0 saturated heterocycles. The molecule has 0 saturated carbocycles. The molecule has 3 aromatic carbocycles. The third-order valence-corrected chi connectivity index (χ3v) is 13.6. The van der Waals surface area contributed by atoms with E-state index in [0.29, 0.717) is 17.7 Å². The van der Waals surface area contributed by atoms with Gasteiger partial charge in [-0.15, -0.1) is 0 Å². The van der Waals surface area contributed by atoms with E-state index in [-0.39, 0.29) is 34.1 Å². The van der Waals surface area contributed by atoms with Crippen molar-refractivity contribution in [3.05, 3.63) is 125 Å². The second kappa shape index (κ2) is 11.1. The number of rotatable bonds is 7. The first-order chi connectivity index (χ1) is 19.1. The maximum Gasteiger partial charge on any atom is 0.261 e. The van der Waals surface area contributed by atoms with E-state index in [1.807, 2.05) is 30.3 Å². The topological polar surface area (TPSA) is 62.3 Å². The van der Waals surface area contributed by atoms with Crippen LogP contribution in [-0.4, -0.2) is 25.0 Å². The molecule has 0 radical (unpaired) electrons. The van der Waals surface area contributed by atoms with Gasteiger partial charge in [0.15, 0.2) is 0 Å². The number of nitrogens with one attached hydrogen (secondary N) is 1. The SMILES string of the molecule is CC1=C[C@@H](CO[Si](c2ccccc2)(c2ccccc2)C(C)(C)C)[C@H](C)[C@H]1c1c(O)c(-c2ccccc2)c[nH]c1=O. The Morgan fingerprint density at radius 3 is 1.93 bits per heavy atom. The van der Waals surface area contributed by atoms with Crippen LogP contribution < -0.4 is 15.9 Å². The van der Waals surface area contributed by atoms with Crippen LogP contribution in [0.15, 0.2) is 114 Å². The van der Waals surface area contributed by atoms with Crippen LogP contribution in [0.25, 0.3) is 11.1 Å². The molecule has 0 bridgehead atoms. The quantitative estimate of drug-likeness (QED) is 0.201. The Balaban J connectivity index is 1.50. The Bertz CT molecular complexity index is 1500. The average molecular weight is 550 g/mol. The molecule has 4 aromatic rings. The van der Waals surface area contributed by atoms with Crippen molar-refractivity contribution in [3.63, 3.8) is 0 Å². The molecule has 3 atom stereocenters. The number of benzene rings is 3. The average Bonchev–Trinajstić information content (AvgIpc) is 3.22. The zero-order valence-corrected chi connectivity index (χ0v) is 25.0. The summed E-state index contributed by atoms with van der Waals surface area (Å²) in [4.78, 5) is 16.1. The Labute approximate surface area is 238 Å². The Hall–Kier alpha value is -3.67. The van der Waals surface area contributed by atoms with Gasteiger partial charge in [-0.3, -0.25) is 4.79 Å². The van der Waals surface area contributed by atoms with Crippen LogP contribution in [0.2, 0.25) is 5.04 Å². The first kappa shape index (κ1) is 27.9. The van der Waals surface area contributed by atoms with E-state index >= 15 is 0 Å². The molecule has 0 aliphatic heterocycles. The van der Waals surface area contributed by atoms with Gasteiger partial charge < -0.3 is 14.5 Å². The summed E-state index contributed by atoms with van der Waals surface area (Å²) < 4.78 is 7.25. The summed E-state index contributed by atoms with van der Waals surface area (Å²) >= 11 is 0. The lowest BCUT2D eigenvalue weighted by molar-refractivity contribution is 0.223. The zero-order valence-electron chi connectivity index (χ0n) is 24.0. The summed E-state index contributed by atoms with van der Waals surface area (Å²) in [6.07, 6.45) is 3.86. The Morgan fingerprint density at radius 1 is 0.875 bits per heavy atom. The lowest BCUT2D eigenvalue weighted by atomic mass is 9.82. The molecular formula is C35H39NO3Si. The highest BCUT2D eigenvalue weighted by Gasteiger charge is 2.51. The van der Waals surface area contributed by atoms with Gasteiger partial charge in [-0.1, -0.05) is 130 Å². The number of aromatic hydroxyl groups is 1. The van der Waals surface area contributed by atoms with E-state index in [0.717, 1.165) is 11.1 Å². The van der Waals surface area contributed by atoms with Gasteiger partial charge >= 0.3 is 0 Å². The molecule has 40 heavy (non-hydrogen) atoms. The molecule has 0 fully saturated rings. The summed E-state index contributed by atoms with van der Waals surface area (Å²) in [5, 5.41) is 13.8. The van der Waals surface area contributed by atoms with Crippen molar-refractivity contribution in [1.29, 1.82) is 0 Å². The molecule has 0 spiro atoms. The number of allylic oxidation sites excluding steroid dienone is 1. The molecule has 0 amide bonds. The summed E-state index contributed by atoms with van der Waals surface area (Å²) in [7, 11) is -2.69. The molecule has 1 aliphatic carbocycles. The number of aromatic nitrogens is 1. The zero-order chi connectivity index (χ0) is 28.5. The maximum atomic E-state index is 13.2. The van der Waals surface area contributed by atoms with E-state index in [4.69, 9.17) is 4.43 Å². The van der Waals surface area contributed by atoms with Crippen molar-refractivity contribution in [2.24, 2.45) is 11.8 Å². The van der Waals surface area contributed by atoms with E-state index in [1.54, 1.807) is 6.20 Å².